The van der Waals surface area contributed by atoms with Gasteiger partial charge in [-0.1, -0.05) is 18.2 Å². The van der Waals surface area contributed by atoms with Gasteiger partial charge < -0.3 is 16.0 Å². The average Bonchev–Trinajstić information content (AvgIpc) is 3.06. The van der Waals surface area contributed by atoms with E-state index in [0.717, 1.165) is 16.5 Å². The maximum Gasteiger partial charge on any atom is 0.251 e. The molecule has 6 heteroatoms. The van der Waals surface area contributed by atoms with Crippen molar-refractivity contribution >= 4 is 39.7 Å². The number of amides is 2. The van der Waals surface area contributed by atoms with Crippen molar-refractivity contribution in [1.29, 1.82) is 0 Å². The van der Waals surface area contributed by atoms with Crippen LogP contribution < -0.4 is 11.1 Å². The fourth-order valence-electron chi connectivity index (χ4n) is 2.23. The number of aromatic amines is 1. The smallest absolute Gasteiger partial charge is 0.251 e. The number of nitrogens with one attached hydrogen (secondary N) is 2. The first-order valence-corrected chi connectivity index (χ1v) is 7.30. The Bertz CT molecular complexity index is 819. The number of hydrogen-bond donors (Lipinski definition) is 3. The zero-order valence-electron chi connectivity index (χ0n) is 11.1. The quantitative estimate of drug-likeness (QED) is 0.691. The summed E-state index contributed by atoms with van der Waals surface area (Å²) < 4.78 is 0. The number of H-pyrrole nitrogens is 1. The molecule has 21 heavy (non-hydrogen) atoms. The summed E-state index contributed by atoms with van der Waals surface area (Å²) in [5, 5.41) is 7.08. The van der Waals surface area contributed by atoms with Crippen LogP contribution in [0.15, 0.2) is 41.2 Å². The number of primary amides is 1. The molecule has 2 aromatic heterocycles. The number of thiophene rings is 1. The molecule has 0 bridgehead atoms. The van der Waals surface area contributed by atoms with Gasteiger partial charge in [0.15, 0.2) is 0 Å². The minimum Gasteiger partial charge on any atom is -0.366 e. The summed E-state index contributed by atoms with van der Waals surface area (Å²) in [6.07, 6.45) is 2.06. The van der Waals surface area contributed by atoms with E-state index < -0.39 is 5.91 Å². The topological polar surface area (TPSA) is 88.0 Å². The van der Waals surface area contributed by atoms with Crippen LogP contribution in [0.1, 0.15) is 15.9 Å². The lowest BCUT2D eigenvalue weighted by molar-refractivity contribution is -0.115. The predicted octanol–water partition coefficient (Wildman–Crippen LogP) is 2.51. The number of nitrogens with two attached hydrogens (primary N) is 1. The molecule has 0 aliphatic heterocycles. The SMILES string of the molecule is NC(=O)c1cscc1NC(=O)Cc1c[nH]c2ccccc12. The molecule has 0 saturated carbocycles. The van der Waals surface area contributed by atoms with Crippen LogP contribution in [0.4, 0.5) is 5.69 Å². The van der Waals surface area contributed by atoms with E-state index in [9.17, 15) is 9.59 Å². The largest absolute Gasteiger partial charge is 0.366 e. The van der Waals surface area contributed by atoms with E-state index >= 15 is 0 Å². The van der Waals surface area contributed by atoms with Gasteiger partial charge in [0.1, 0.15) is 0 Å². The fraction of sp³-hybridized carbons (Fsp3) is 0.0667. The second-order valence-corrected chi connectivity index (χ2v) is 5.39. The monoisotopic (exact) mass is 299 g/mol. The van der Waals surface area contributed by atoms with Crippen LogP contribution in [-0.4, -0.2) is 16.8 Å². The number of fused-ring (bicyclic) bond motifs is 1. The molecule has 0 saturated heterocycles. The third-order valence-corrected chi connectivity index (χ3v) is 3.97. The molecule has 2 heterocycles. The summed E-state index contributed by atoms with van der Waals surface area (Å²) in [6, 6.07) is 7.80. The lowest BCUT2D eigenvalue weighted by Crippen LogP contribution is -2.18. The Hall–Kier alpha value is -2.60. The molecule has 0 fully saturated rings. The van der Waals surface area contributed by atoms with E-state index in [1.165, 1.54) is 11.3 Å². The highest BCUT2D eigenvalue weighted by molar-refractivity contribution is 7.08. The summed E-state index contributed by atoms with van der Waals surface area (Å²) in [5.41, 5.74) is 7.98. The van der Waals surface area contributed by atoms with Gasteiger partial charge in [0.05, 0.1) is 17.7 Å². The highest BCUT2D eigenvalue weighted by Crippen LogP contribution is 2.22. The molecule has 1 aromatic carbocycles. The van der Waals surface area contributed by atoms with Crippen molar-refractivity contribution in [2.45, 2.75) is 6.42 Å². The van der Waals surface area contributed by atoms with Crippen LogP contribution in [0.25, 0.3) is 10.9 Å². The Kier molecular flexibility index (Phi) is 3.45. The molecule has 0 aliphatic carbocycles. The average molecular weight is 299 g/mol. The number of para-hydroxylation sites is 1. The zero-order valence-corrected chi connectivity index (χ0v) is 11.9. The molecule has 3 aromatic rings. The van der Waals surface area contributed by atoms with E-state index in [2.05, 4.69) is 10.3 Å². The van der Waals surface area contributed by atoms with Crippen LogP contribution in [0, 0.1) is 0 Å². The molecule has 0 spiro atoms. The van der Waals surface area contributed by atoms with Crippen molar-refractivity contribution in [1.82, 2.24) is 4.98 Å². The van der Waals surface area contributed by atoms with Crippen LogP contribution in [0.5, 0.6) is 0 Å². The summed E-state index contributed by atoms with van der Waals surface area (Å²) in [6.45, 7) is 0. The molecule has 4 N–H and O–H groups in total. The Morgan fingerprint density at radius 1 is 1.24 bits per heavy atom. The minimum atomic E-state index is -0.543. The summed E-state index contributed by atoms with van der Waals surface area (Å²) in [7, 11) is 0. The molecule has 0 radical (unpaired) electrons. The third-order valence-electron chi connectivity index (χ3n) is 3.23. The van der Waals surface area contributed by atoms with E-state index in [-0.39, 0.29) is 12.3 Å². The molecule has 106 valence electrons. The predicted molar refractivity (Wildman–Crippen MR) is 83.5 cm³/mol. The number of aromatic nitrogens is 1. The Balaban J connectivity index is 1.78. The van der Waals surface area contributed by atoms with Crippen LogP contribution in [0.2, 0.25) is 0 Å². The number of benzene rings is 1. The first-order chi connectivity index (χ1) is 10.1. The van der Waals surface area contributed by atoms with Crippen molar-refractivity contribution in [2.24, 2.45) is 5.73 Å². The highest BCUT2D eigenvalue weighted by atomic mass is 32.1. The van der Waals surface area contributed by atoms with Crippen molar-refractivity contribution in [3.05, 3.63) is 52.3 Å². The van der Waals surface area contributed by atoms with E-state index in [0.29, 0.717) is 11.3 Å². The first-order valence-electron chi connectivity index (χ1n) is 6.36. The fourth-order valence-corrected chi connectivity index (χ4v) is 3.00. The molecule has 0 unspecified atom stereocenters. The van der Waals surface area contributed by atoms with Crippen LogP contribution in [0.3, 0.4) is 0 Å². The zero-order chi connectivity index (χ0) is 14.8. The second-order valence-electron chi connectivity index (χ2n) is 4.65. The normalized spacial score (nSPS) is 10.7. The van der Waals surface area contributed by atoms with Crippen LogP contribution >= 0.6 is 11.3 Å². The van der Waals surface area contributed by atoms with Gasteiger partial charge >= 0.3 is 0 Å². The molecular formula is C15H13N3O2S. The van der Waals surface area contributed by atoms with Gasteiger partial charge in [0, 0.05) is 27.9 Å². The Morgan fingerprint density at radius 2 is 2.05 bits per heavy atom. The van der Waals surface area contributed by atoms with Crippen molar-refractivity contribution in [3.63, 3.8) is 0 Å². The van der Waals surface area contributed by atoms with Gasteiger partial charge in [-0.2, -0.15) is 0 Å². The number of hydrogen-bond acceptors (Lipinski definition) is 3. The van der Waals surface area contributed by atoms with Gasteiger partial charge in [0.2, 0.25) is 5.91 Å². The van der Waals surface area contributed by atoms with Gasteiger partial charge in [0.25, 0.3) is 5.91 Å². The summed E-state index contributed by atoms with van der Waals surface area (Å²) in [4.78, 5) is 26.5. The van der Waals surface area contributed by atoms with Gasteiger partial charge in [-0.05, 0) is 11.6 Å². The second kappa shape index (κ2) is 5.41. The highest BCUT2D eigenvalue weighted by Gasteiger charge is 2.13. The van der Waals surface area contributed by atoms with Crippen molar-refractivity contribution in [3.8, 4) is 0 Å². The van der Waals surface area contributed by atoms with E-state index in [1.54, 1.807) is 10.8 Å². The molecule has 2 amide bonds. The van der Waals surface area contributed by atoms with Gasteiger partial charge in [-0.3, -0.25) is 9.59 Å². The number of carbonyl (C=O) groups is 2. The molecular weight excluding hydrogens is 286 g/mol. The minimum absolute atomic E-state index is 0.180. The maximum absolute atomic E-state index is 12.1. The van der Waals surface area contributed by atoms with E-state index in [1.807, 2.05) is 30.5 Å². The Morgan fingerprint density at radius 3 is 2.86 bits per heavy atom. The summed E-state index contributed by atoms with van der Waals surface area (Å²) >= 11 is 1.33. The van der Waals surface area contributed by atoms with Crippen molar-refractivity contribution < 1.29 is 9.59 Å². The molecule has 5 nitrogen and oxygen atoms in total. The van der Waals surface area contributed by atoms with Crippen molar-refractivity contribution in [2.75, 3.05) is 5.32 Å². The Labute approximate surface area is 124 Å². The standard InChI is InChI=1S/C15H13N3O2S/c16-15(20)11-7-21-8-13(11)18-14(19)5-9-6-17-12-4-2-1-3-10(9)12/h1-4,6-8,17H,5H2,(H2,16,20)(H,18,19). The lowest BCUT2D eigenvalue weighted by Gasteiger charge is -2.04. The maximum atomic E-state index is 12.1. The third kappa shape index (κ3) is 2.66. The number of rotatable bonds is 4. The summed E-state index contributed by atoms with van der Waals surface area (Å²) in [5.74, 6) is -0.723. The van der Waals surface area contributed by atoms with Gasteiger partial charge in [-0.15, -0.1) is 11.3 Å². The molecule has 0 aliphatic rings. The molecule has 0 atom stereocenters. The van der Waals surface area contributed by atoms with E-state index in [4.69, 9.17) is 5.73 Å². The number of anilines is 1. The first kappa shape index (κ1) is 13.4. The van der Waals surface area contributed by atoms with Gasteiger partial charge in [-0.25, -0.2) is 0 Å². The number of carbonyl (C=O) groups excluding carboxylic acids is 2. The molecule has 3 rings (SSSR count). The lowest BCUT2D eigenvalue weighted by atomic mass is 10.1. The van der Waals surface area contributed by atoms with Crippen LogP contribution in [-0.2, 0) is 11.2 Å².